The standard InChI is InChI=1S/C10H14F3NO4/c1-6(2)18-8(17)14-4-3-9(5-14,7(15)16)10(11,12)13/h6H,3-5H2,1-2H3,(H,15,16)/t9-/m1/s1. The van der Waals surface area contributed by atoms with Crippen LogP contribution in [0.5, 0.6) is 0 Å². The van der Waals surface area contributed by atoms with E-state index in [2.05, 4.69) is 0 Å². The first-order valence-electron chi connectivity index (χ1n) is 5.36. The van der Waals surface area contributed by atoms with E-state index in [0.717, 1.165) is 4.90 Å². The van der Waals surface area contributed by atoms with Crippen LogP contribution < -0.4 is 0 Å². The Morgan fingerprint density at radius 2 is 1.94 bits per heavy atom. The Hall–Kier alpha value is -1.47. The summed E-state index contributed by atoms with van der Waals surface area (Å²) in [6, 6.07) is 0. The highest BCUT2D eigenvalue weighted by Crippen LogP contribution is 2.45. The van der Waals surface area contributed by atoms with Crippen LogP contribution in [0.15, 0.2) is 0 Å². The topological polar surface area (TPSA) is 66.8 Å². The molecule has 1 fully saturated rings. The van der Waals surface area contributed by atoms with Crippen LogP contribution in [0.2, 0.25) is 0 Å². The lowest BCUT2D eigenvalue weighted by atomic mass is 9.86. The summed E-state index contributed by atoms with van der Waals surface area (Å²) in [7, 11) is 0. The van der Waals surface area contributed by atoms with Gasteiger partial charge in [-0.15, -0.1) is 0 Å². The highest BCUT2D eigenvalue weighted by atomic mass is 19.4. The molecule has 0 bridgehead atoms. The van der Waals surface area contributed by atoms with E-state index < -0.39 is 42.7 Å². The van der Waals surface area contributed by atoms with E-state index in [1.807, 2.05) is 0 Å². The number of likely N-dealkylation sites (tertiary alicyclic amines) is 1. The molecule has 1 aliphatic rings. The van der Waals surface area contributed by atoms with Crippen LogP contribution in [0.3, 0.4) is 0 Å². The van der Waals surface area contributed by atoms with Crippen LogP contribution in [0.25, 0.3) is 0 Å². The lowest BCUT2D eigenvalue weighted by Crippen LogP contribution is -2.47. The number of halogens is 3. The summed E-state index contributed by atoms with van der Waals surface area (Å²) < 4.78 is 43.2. The number of nitrogens with zero attached hydrogens (tertiary/aromatic N) is 1. The summed E-state index contributed by atoms with van der Waals surface area (Å²) in [5.41, 5.74) is -2.89. The van der Waals surface area contributed by atoms with Gasteiger partial charge < -0.3 is 14.7 Å². The maximum Gasteiger partial charge on any atom is 0.410 e. The second-order valence-electron chi connectivity index (χ2n) is 4.49. The van der Waals surface area contributed by atoms with E-state index in [9.17, 15) is 22.8 Å². The number of hydrogen-bond donors (Lipinski definition) is 1. The summed E-state index contributed by atoms with van der Waals surface area (Å²) in [4.78, 5) is 23.1. The molecule has 0 spiro atoms. The van der Waals surface area contributed by atoms with Crippen molar-refractivity contribution >= 4 is 12.1 Å². The lowest BCUT2D eigenvalue weighted by Gasteiger charge is -2.27. The first kappa shape index (κ1) is 14.6. The molecule has 1 rings (SSSR count). The van der Waals surface area contributed by atoms with E-state index in [-0.39, 0.29) is 6.54 Å². The Kier molecular flexibility index (Phi) is 3.78. The molecule has 1 aliphatic heterocycles. The van der Waals surface area contributed by atoms with E-state index in [0.29, 0.717) is 0 Å². The number of ether oxygens (including phenoxy) is 1. The van der Waals surface area contributed by atoms with Crippen molar-refractivity contribution in [3.63, 3.8) is 0 Å². The first-order valence-corrected chi connectivity index (χ1v) is 5.36. The summed E-state index contributed by atoms with van der Waals surface area (Å²) in [5, 5.41) is 8.78. The molecule has 8 heteroatoms. The van der Waals surface area contributed by atoms with Crippen molar-refractivity contribution in [1.29, 1.82) is 0 Å². The molecule has 104 valence electrons. The van der Waals surface area contributed by atoms with Crippen molar-refractivity contribution in [3.8, 4) is 0 Å². The molecule has 0 unspecified atom stereocenters. The van der Waals surface area contributed by atoms with Gasteiger partial charge in [-0.05, 0) is 20.3 Å². The number of hydrogen-bond acceptors (Lipinski definition) is 3. The molecule has 1 heterocycles. The van der Waals surface area contributed by atoms with Gasteiger partial charge >= 0.3 is 18.2 Å². The monoisotopic (exact) mass is 269 g/mol. The van der Waals surface area contributed by atoms with Gasteiger partial charge in [0.2, 0.25) is 0 Å². The number of carbonyl (C=O) groups excluding carboxylic acids is 1. The maximum absolute atomic E-state index is 12.8. The second kappa shape index (κ2) is 4.66. The normalized spacial score (nSPS) is 24.4. The molecule has 1 atom stereocenters. The largest absolute Gasteiger partial charge is 0.481 e. The predicted molar refractivity (Wildman–Crippen MR) is 53.9 cm³/mol. The minimum Gasteiger partial charge on any atom is -0.481 e. The zero-order valence-electron chi connectivity index (χ0n) is 9.95. The van der Waals surface area contributed by atoms with Crippen LogP contribution in [0.4, 0.5) is 18.0 Å². The highest BCUT2D eigenvalue weighted by Gasteiger charge is 2.64. The Labute approximate surface area is 102 Å². The van der Waals surface area contributed by atoms with Crippen LogP contribution in [-0.2, 0) is 9.53 Å². The number of rotatable bonds is 2. The summed E-state index contributed by atoms with van der Waals surface area (Å²) >= 11 is 0. The van der Waals surface area contributed by atoms with E-state index in [1.54, 1.807) is 13.8 Å². The molecular weight excluding hydrogens is 255 g/mol. The molecule has 5 nitrogen and oxygen atoms in total. The van der Waals surface area contributed by atoms with Crippen molar-refractivity contribution in [3.05, 3.63) is 0 Å². The van der Waals surface area contributed by atoms with Gasteiger partial charge in [-0.3, -0.25) is 4.79 Å². The van der Waals surface area contributed by atoms with Gasteiger partial charge in [0.1, 0.15) is 0 Å². The van der Waals surface area contributed by atoms with Crippen LogP contribution in [0.1, 0.15) is 20.3 Å². The minimum absolute atomic E-state index is 0.280. The third-order valence-corrected chi connectivity index (χ3v) is 2.82. The smallest absolute Gasteiger partial charge is 0.410 e. The van der Waals surface area contributed by atoms with E-state index in [1.165, 1.54) is 0 Å². The molecule has 1 amide bonds. The first-order chi connectivity index (χ1) is 8.10. The number of amides is 1. The van der Waals surface area contributed by atoms with Gasteiger partial charge in [-0.1, -0.05) is 0 Å². The third-order valence-electron chi connectivity index (χ3n) is 2.82. The van der Waals surface area contributed by atoms with Crippen LogP contribution >= 0.6 is 0 Å². The average molecular weight is 269 g/mol. The predicted octanol–water partition coefficient (Wildman–Crippen LogP) is 1.87. The Balaban J connectivity index is 2.85. The van der Waals surface area contributed by atoms with Gasteiger partial charge in [0.25, 0.3) is 0 Å². The van der Waals surface area contributed by atoms with Crippen molar-refractivity contribution in [2.24, 2.45) is 5.41 Å². The van der Waals surface area contributed by atoms with E-state index >= 15 is 0 Å². The molecule has 1 saturated heterocycles. The second-order valence-corrected chi connectivity index (χ2v) is 4.49. The molecule has 0 aromatic rings. The number of carboxylic acid groups (broad SMARTS) is 1. The van der Waals surface area contributed by atoms with Crippen molar-refractivity contribution in [2.45, 2.75) is 32.5 Å². The quantitative estimate of drug-likeness (QED) is 0.831. The van der Waals surface area contributed by atoms with Crippen molar-refractivity contribution < 1.29 is 32.6 Å². The Morgan fingerprint density at radius 3 is 2.28 bits per heavy atom. The molecule has 18 heavy (non-hydrogen) atoms. The fourth-order valence-corrected chi connectivity index (χ4v) is 1.77. The van der Waals surface area contributed by atoms with Crippen molar-refractivity contribution in [1.82, 2.24) is 4.90 Å². The summed E-state index contributed by atoms with van der Waals surface area (Å²) in [6.07, 6.45) is -6.94. The van der Waals surface area contributed by atoms with Gasteiger partial charge in [-0.2, -0.15) is 13.2 Å². The number of carbonyl (C=O) groups is 2. The molecule has 0 aliphatic carbocycles. The molecule has 0 radical (unpaired) electrons. The fraction of sp³-hybridized carbons (Fsp3) is 0.800. The number of aliphatic carboxylic acids is 1. The van der Waals surface area contributed by atoms with Crippen molar-refractivity contribution in [2.75, 3.05) is 13.1 Å². The molecule has 1 N–H and O–H groups in total. The SMILES string of the molecule is CC(C)OC(=O)N1CC[C@@](C(=O)O)(C(F)(F)F)C1. The summed E-state index contributed by atoms with van der Waals surface area (Å²) in [6.45, 7) is 1.93. The molecule has 0 aromatic carbocycles. The molecular formula is C10H14F3NO4. The average Bonchev–Trinajstić information content (AvgIpc) is 2.60. The minimum atomic E-state index is -4.90. The molecule has 0 saturated carbocycles. The van der Waals surface area contributed by atoms with Gasteiger partial charge in [0, 0.05) is 13.1 Å². The van der Waals surface area contributed by atoms with Crippen LogP contribution in [0, 0.1) is 5.41 Å². The van der Waals surface area contributed by atoms with Gasteiger partial charge in [0.05, 0.1) is 6.10 Å². The van der Waals surface area contributed by atoms with Gasteiger partial charge in [0.15, 0.2) is 5.41 Å². The highest BCUT2D eigenvalue weighted by molar-refractivity contribution is 5.78. The van der Waals surface area contributed by atoms with E-state index in [4.69, 9.17) is 9.84 Å². The Bertz CT molecular complexity index is 356. The fourth-order valence-electron chi connectivity index (χ4n) is 1.77. The number of carboxylic acids is 1. The zero-order valence-corrected chi connectivity index (χ0v) is 9.95. The molecule has 0 aromatic heterocycles. The lowest BCUT2D eigenvalue weighted by molar-refractivity contribution is -0.227. The van der Waals surface area contributed by atoms with Crippen LogP contribution in [-0.4, -0.2) is 47.4 Å². The zero-order chi connectivity index (χ0) is 14.1. The number of alkyl halides is 3. The third kappa shape index (κ3) is 2.51. The van der Waals surface area contributed by atoms with Gasteiger partial charge in [-0.25, -0.2) is 4.79 Å². The summed E-state index contributed by atoms with van der Waals surface area (Å²) in [5.74, 6) is -1.96. The maximum atomic E-state index is 12.8. The Morgan fingerprint density at radius 1 is 1.39 bits per heavy atom.